The topological polar surface area (TPSA) is 63.2 Å². The van der Waals surface area contributed by atoms with Crippen molar-refractivity contribution in [2.75, 3.05) is 12.8 Å². The van der Waals surface area contributed by atoms with Gasteiger partial charge in [0.15, 0.2) is 9.84 Å². The van der Waals surface area contributed by atoms with Crippen LogP contribution in [0.4, 0.5) is 0 Å². The van der Waals surface area contributed by atoms with Crippen molar-refractivity contribution < 1.29 is 13.2 Å². The van der Waals surface area contributed by atoms with E-state index in [-0.39, 0.29) is 17.2 Å². The Balaban J connectivity index is 2.56. The summed E-state index contributed by atoms with van der Waals surface area (Å²) in [5.74, 6) is -0.0319. The third-order valence-electron chi connectivity index (χ3n) is 2.57. The fraction of sp³-hybridized carbons (Fsp3) is 0.462. The lowest BCUT2D eigenvalue weighted by Crippen LogP contribution is -2.25. The molecule has 0 spiro atoms. The molecule has 1 rings (SSSR count). The summed E-state index contributed by atoms with van der Waals surface area (Å²) in [6.45, 7) is 2.76. The molecule has 0 aliphatic heterocycles. The molecule has 0 aromatic heterocycles. The van der Waals surface area contributed by atoms with Gasteiger partial charge in [-0.2, -0.15) is 0 Å². The number of unbranched alkanes of at least 4 members (excludes halogenated alkanes) is 1. The zero-order valence-electron chi connectivity index (χ0n) is 10.8. The lowest BCUT2D eigenvalue weighted by atomic mass is 10.1. The van der Waals surface area contributed by atoms with Crippen LogP contribution in [0, 0.1) is 0 Å². The van der Waals surface area contributed by atoms with Crippen LogP contribution < -0.4 is 5.32 Å². The summed E-state index contributed by atoms with van der Waals surface area (Å²) in [5, 5.41) is 2.82. The molecule has 0 unspecified atom stereocenters. The zero-order chi connectivity index (χ0) is 13.6. The lowest BCUT2D eigenvalue weighted by molar-refractivity contribution is -0.120. The first-order chi connectivity index (χ1) is 8.43. The monoisotopic (exact) mass is 269 g/mol. The van der Waals surface area contributed by atoms with E-state index in [1.807, 2.05) is 0 Å². The molecule has 1 amide bonds. The predicted molar refractivity (Wildman–Crippen MR) is 71.2 cm³/mol. The largest absolute Gasteiger partial charge is 0.356 e. The van der Waals surface area contributed by atoms with Gasteiger partial charge in [0.25, 0.3) is 0 Å². The molecule has 0 fully saturated rings. The Morgan fingerprint density at radius 2 is 1.83 bits per heavy atom. The van der Waals surface area contributed by atoms with Crippen molar-refractivity contribution in [2.45, 2.75) is 31.1 Å². The standard InChI is InChI=1S/C13H19NO3S/c1-3-4-9-14-13(15)10-11-5-7-12(8-6-11)18(2,16)17/h5-8H,3-4,9-10H2,1-2H3,(H,14,15). The number of rotatable bonds is 6. The quantitative estimate of drug-likeness (QED) is 0.797. The van der Waals surface area contributed by atoms with Crippen LogP contribution in [-0.2, 0) is 21.1 Å². The summed E-state index contributed by atoms with van der Waals surface area (Å²) < 4.78 is 22.5. The van der Waals surface area contributed by atoms with Gasteiger partial charge in [-0.3, -0.25) is 4.79 Å². The van der Waals surface area contributed by atoms with E-state index in [1.165, 1.54) is 18.4 Å². The van der Waals surface area contributed by atoms with Gasteiger partial charge in [0.05, 0.1) is 11.3 Å². The number of benzene rings is 1. The van der Waals surface area contributed by atoms with Gasteiger partial charge in [-0.25, -0.2) is 8.42 Å². The highest BCUT2D eigenvalue weighted by atomic mass is 32.2. The van der Waals surface area contributed by atoms with Gasteiger partial charge < -0.3 is 5.32 Å². The van der Waals surface area contributed by atoms with E-state index in [0.717, 1.165) is 18.4 Å². The summed E-state index contributed by atoms with van der Waals surface area (Å²) >= 11 is 0. The van der Waals surface area contributed by atoms with Gasteiger partial charge in [0, 0.05) is 12.8 Å². The predicted octanol–water partition coefficient (Wildman–Crippen LogP) is 1.55. The lowest BCUT2D eigenvalue weighted by Gasteiger charge is -2.05. The number of sulfone groups is 1. The molecule has 1 aromatic carbocycles. The Morgan fingerprint density at radius 1 is 1.22 bits per heavy atom. The van der Waals surface area contributed by atoms with Gasteiger partial charge in [-0.1, -0.05) is 25.5 Å². The molecule has 0 saturated heterocycles. The molecule has 1 aromatic rings. The van der Waals surface area contributed by atoms with Crippen LogP contribution in [0.5, 0.6) is 0 Å². The fourth-order valence-corrected chi connectivity index (χ4v) is 2.14. The molecular formula is C13H19NO3S. The molecule has 0 aliphatic rings. The first kappa shape index (κ1) is 14.7. The summed E-state index contributed by atoms with van der Waals surface area (Å²) in [7, 11) is -3.17. The molecule has 4 nitrogen and oxygen atoms in total. The van der Waals surface area contributed by atoms with Crippen LogP contribution in [0.3, 0.4) is 0 Å². The molecule has 0 saturated carbocycles. The Kier molecular flexibility index (Phi) is 5.34. The second-order valence-electron chi connectivity index (χ2n) is 4.30. The summed E-state index contributed by atoms with van der Waals surface area (Å²) in [4.78, 5) is 11.8. The maximum Gasteiger partial charge on any atom is 0.224 e. The zero-order valence-corrected chi connectivity index (χ0v) is 11.6. The van der Waals surface area contributed by atoms with Gasteiger partial charge in [-0.15, -0.1) is 0 Å². The number of hydrogen-bond acceptors (Lipinski definition) is 3. The maximum atomic E-state index is 11.5. The highest BCUT2D eigenvalue weighted by Crippen LogP contribution is 2.10. The van der Waals surface area contributed by atoms with Crippen molar-refractivity contribution in [1.29, 1.82) is 0 Å². The summed E-state index contributed by atoms with van der Waals surface area (Å²) in [6.07, 6.45) is 3.47. The van der Waals surface area contributed by atoms with E-state index in [1.54, 1.807) is 12.1 Å². The third-order valence-corrected chi connectivity index (χ3v) is 3.70. The number of carbonyl (C=O) groups excluding carboxylic acids is 1. The second-order valence-corrected chi connectivity index (χ2v) is 6.31. The highest BCUT2D eigenvalue weighted by Gasteiger charge is 2.07. The molecule has 5 heteroatoms. The number of amides is 1. The molecule has 18 heavy (non-hydrogen) atoms. The van der Waals surface area contributed by atoms with E-state index in [4.69, 9.17) is 0 Å². The van der Waals surface area contributed by atoms with Gasteiger partial charge in [0.2, 0.25) is 5.91 Å². The Morgan fingerprint density at radius 3 is 2.33 bits per heavy atom. The minimum Gasteiger partial charge on any atom is -0.356 e. The average molecular weight is 269 g/mol. The van der Waals surface area contributed by atoms with Gasteiger partial charge in [-0.05, 0) is 24.1 Å². The van der Waals surface area contributed by atoms with Gasteiger partial charge >= 0.3 is 0 Å². The van der Waals surface area contributed by atoms with Crippen molar-refractivity contribution in [3.05, 3.63) is 29.8 Å². The third kappa shape index (κ3) is 4.87. The second kappa shape index (κ2) is 6.54. The smallest absolute Gasteiger partial charge is 0.224 e. The molecule has 0 radical (unpaired) electrons. The van der Waals surface area contributed by atoms with E-state index >= 15 is 0 Å². The van der Waals surface area contributed by atoms with Crippen LogP contribution >= 0.6 is 0 Å². The van der Waals surface area contributed by atoms with E-state index in [2.05, 4.69) is 12.2 Å². The van der Waals surface area contributed by atoms with Crippen LogP contribution in [0.15, 0.2) is 29.2 Å². The molecule has 0 heterocycles. The van der Waals surface area contributed by atoms with E-state index < -0.39 is 9.84 Å². The first-order valence-corrected chi connectivity index (χ1v) is 7.88. The van der Waals surface area contributed by atoms with Crippen molar-refractivity contribution in [3.63, 3.8) is 0 Å². The minimum absolute atomic E-state index is 0.0319. The highest BCUT2D eigenvalue weighted by molar-refractivity contribution is 7.90. The first-order valence-electron chi connectivity index (χ1n) is 5.99. The van der Waals surface area contributed by atoms with Crippen molar-refractivity contribution in [3.8, 4) is 0 Å². The molecule has 0 bridgehead atoms. The van der Waals surface area contributed by atoms with Crippen LogP contribution in [-0.4, -0.2) is 27.1 Å². The maximum absolute atomic E-state index is 11.5. The van der Waals surface area contributed by atoms with Crippen molar-refractivity contribution in [1.82, 2.24) is 5.32 Å². The Hall–Kier alpha value is -1.36. The summed E-state index contributed by atoms with van der Waals surface area (Å²) in [6, 6.07) is 6.42. The number of carbonyl (C=O) groups is 1. The minimum atomic E-state index is -3.17. The number of hydrogen-bond donors (Lipinski definition) is 1. The van der Waals surface area contributed by atoms with Crippen molar-refractivity contribution >= 4 is 15.7 Å². The van der Waals surface area contributed by atoms with E-state index in [0.29, 0.717) is 6.54 Å². The van der Waals surface area contributed by atoms with Crippen LogP contribution in [0.1, 0.15) is 25.3 Å². The van der Waals surface area contributed by atoms with Crippen LogP contribution in [0.25, 0.3) is 0 Å². The molecule has 0 atom stereocenters. The molecule has 100 valence electrons. The normalized spacial score (nSPS) is 11.2. The molecule has 1 N–H and O–H groups in total. The Labute approximate surface area is 108 Å². The van der Waals surface area contributed by atoms with Crippen molar-refractivity contribution in [2.24, 2.45) is 0 Å². The average Bonchev–Trinajstić information content (AvgIpc) is 2.29. The van der Waals surface area contributed by atoms with Gasteiger partial charge in [0.1, 0.15) is 0 Å². The molecule has 0 aliphatic carbocycles. The van der Waals surface area contributed by atoms with Crippen LogP contribution in [0.2, 0.25) is 0 Å². The molecular weight excluding hydrogens is 250 g/mol. The fourth-order valence-electron chi connectivity index (χ4n) is 1.51. The van der Waals surface area contributed by atoms with E-state index in [9.17, 15) is 13.2 Å². The number of nitrogens with one attached hydrogen (secondary N) is 1. The SMILES string of the molecule is CCCCNC(=O)Cc1ccc(S(C)(=O)=O)cc1. The summed E-state index contributed by atoms with van der Waals surface area (Å²) in [5.41, 5.74) is 0.816. The Bertz CT molecular complexity index is 491.